The molecule has 0 fully saturated rings. The normalized spacial score (nSPS) is 13.3. The van der Waals surface area contributed by atoms with Crippen molar-refractivity contribution in [2.45, 2.75) is 39.3 Å². The number of alkyl carbamates (subject to hydrolysis) is 1. The molecule has 1 atom stereocenters. The summed E-state index contributed by atoms with van der Waals surface area (Å²) >= 11 is 0. The minimum Gasteiger partial charge on any atom is -0.375 e. The van der Waals surface area contributed by atoms with Crippen LogP contribution in [0, 0.1) is 0 Å². The maximum Gasteiger partial charge on any atom is 0.415 e. The van der Waals surface area contributed by atoms with Crippen molar-refractivity contribution in [3.63, 3.8) is 0 Å². The number of amides is 1. The minimum atomic E-state index is -0.786. The lowest BCUT2D eigenvalue weighted by Crippen LogP contribution is -2.43. The summed E-state index contributed by atoms with van der Waals surface area (Å²) in [6, 6.07) is -0.786. The zero-order valence-corrected chi connectivity index (χ0v) is 8.38. The lowest BCUT2D eigenvalue weighted by atomic mass is 10.1. The molecule has 0 bridgehead atoms. The topological polar surface area (TPSA) is 81.4 Å². The van der Waals surface area contributed by atoms with E-state index in [4.69, 9.17) is 5.73 Å². The van der Waals surface area contributed by atoms with Gasteiger partial charge < -0.3 is 15.8 Å². The summed E-state index contributed by atoms with van der Waals surface area (Å²) in [6.07, 6.45) is -0.769. The van der Waals surface area contributed by atoms with Gasteiger partial charge in [0.1, 0.15) is 6.04 Å². The molecule has 5 heteroatoms. The van der Waals surface area contributed by atoms with Gasteiger partial charge >= 0.3 is 12.1 Å². The third-order valence-electron chi connectivity index (χ3n) is 1.04. The number of carbonyl (C=O) groups is 2. The van der Waals surface area contributed by atoms with E-state index >= 15 is 0 Å². The maximum atomic E-state index is 11.0. The van der Waals surface area contributed by atoms with Crippen LogP contribution in [0.3, 0.4) is 0 Å². The van der Waals surface area contributed by atoms with Crippen LogP contribution in [0.2, 0.25) is 0 Å². The SMILES string of the molecule is C[C@H](N)C(=O)OC(=O)NC(C)(C)C. The zero-order chi connectivity index (χ0) is 10.6. The Kier molecular flexibility index (Phi) is 3.87. The summed E-state index contributed by atoms with van der Waals surface area (Å²) in [5, 5.41) is 2.47. The first-order valence-electron chi connectivity index (χ1n) is 4.02. The Morgan fingerprint density at radius 3 is 2.15 bits per heavy atom. The molecule has 0 aromatic heterocycles. The summed E-state index contributed by atoms with van der Waals surface area (Å²) in [7, 11) is 0. The molecule has 0 rings (SSSR count). The van der Waals surface area contributed by atoms with E-state index in [9.17, 15) is 9.59 Å². The smallest absolute Gasteiger partial charge is 0.375 e. The molecule has 0 aliphatic rings. The van der Waals surface area contributed by atoms with Crippen LogP contribution in [0.4, 0.5) is 4.79 Å². The van der Waals surface area contributed by atoms with Crippen LogP contribution in [-0.2, 0) is 9.53 Å². The Morgan fingerprint density at radius 1 is 1.38 bits per heavy atom. The van der Waals surface area contributed by atoms with Crippen molar-refractivity contribution in [3.8, 4) is 0 Å². The van der Waals surface area contributed by atoms with Gasteiger partial charge in [-0.1, -0.05) is 0 Å². The maximum absolute atomic E-state index is 11.0. The van der Waals surface area contributed by atoms with Crippen LogP contribution in [0.1, 0.15) is 27.7 Å². The summed E-state index contributed by atoms with van der Waals surface area (Å²) in [5.74, 6) is -0.734. The van der Waals surface area contributed by atoms with E-state index in [1.807, 2.05) is 0 Å². The second kappa shape index (κ2) is 4.23. The fraction of sp³-hybridized carbons (Fsp3) is 0.750. The highest BCUT2D eigenvalue weighted by atomic mass is 16.6. The molecule has 0 aliphatic carbocycles. The number of rotatable bonds is 1. The van der Waals surface area contributed by atoms with Crippen LogP contribution in [-0.4, -0.2) is 23.6 Å². The molecule has 0 heterocycles. The number of carbonyl (C=O) groups excluding carboxylic acids is 2. The first kappa shape index (κ1) is 11.9. The molecule has 5 nitrogen and oxygen atoms in total. The fourth-order valence-electron chi connectivity index (χ4n) is 0.516. The Labute approximate surface area is 77.6 Å². The molecule has 3 N–H and O–H groups in total. The van der Waals surface area contributed by atoms with Gasteiger partial charge in [-0.15, -0.1) is 0 Å². The largest absolute Gasteiger partial charge is 0.415 e. The molecular weight excluding hydrogens is 172 g/mol. The van der Waals surface area contributed by atoms with Crippen molar-refractivity contribution in [1.82, 2.24) is 5.32 Å². The quantitative estimate of drug-likeness (QED) is 0.460. The van der Waals surface area contributed by atoms with Gasteiger partial charge in [-0.05, 0) is 27.7 Å². The van der Waals surface area contributed by atoms with E-state index in [0.29, 0.717) is 0 Å². The summed E-state index contributed by atoms with van der Waals surface area (Å²) < 4.78 is 4.37. The Morgan fingerprint density at radius 2 is 1.85 bits per heavy atom. The third-order valence-corrected chi connectivity index (χ3v) is 1.04. The van der Waals surface area contributed by atoms with Gasteiger partial charge in [-0.3, -0.25) is 0 Å². The summed E-state index contributed by atoms with van der Waals surface area (Å²) in [5.41, 5.74) is 4.77. The highest BCUT2D eigenvalue weighted by Gasteiger charge is 2.19. The molecule has 0 aromatic carbocycles. The number of ether oxygens (including phenoxy) is 1. The van der Waals surface area contributed by atoms with E-state index in [0.717, 1.165) is 0 Å². The lowest BCUT2D eigenvalue weighted by molar-refractivity contribution is -0.138. The molecule has 13 heavy (non-hydrogen) atoms. The molecule has 0 spiro atoms. The zero-order valence-electron chi connectivity index (χ0n) is 8.38. The van der Waals surface area contributed by atoms with Gasteiger partial charge in [-0.25, -0.2) is 9.59 Å². The number of esters is 1. The van der Waals surface area contributed by atoms with Gasteiger partial charge in [0.15, 0.2) is 0 Å². The highest BCUT2D eigenvalue weighted by Crippen LogP contribution is 1.99. The summed E-state index contributed by atoms with van der Waals surface area (Å²) in [6.45, 7) is 6.80. The highest BCUT2D eigenvalue weighted by molar-refractivity contribution is 5.87. The molecule has 0 unspecified atom stereocenters. The predicted octanol–water partition coefficient (Wildman–Crippen LogP) is 0.385. The number of nitrogens with two attached hydrogens (primary N) is 1. The molecular formula is C8H16N2O3. The van der Waals surface area contributed by atoms with Gasteiger partial charge in [0.2, 0.25) is 0 Å². The third kappa shape index (κ3) is 6.10. The average molecular weight is 188 g/mol. The number of nitrogens with one attached hydrogen (secondary N) is 1. The van der Waals surface area contributed by atoms with E-state index in [2.05, 4.69) is 10.1 Å². The van der Waals surface area contributed by atoms with Crippen molar-refractivity contribution in [2.75, 3.05) is 0 Å². The Hall–Kier alpha value is -1.10. The molecule has 0 aromatic rings. The first-order valence-corrected chi connectivity index (χ1v) is 4.02. The minimum absolute atomic E-state index is 0.421. The molecule has 0 radical (unpaired) electrons. The van der Waals surface area contributed by atoms with E-state index in [1.54, 1.807) is 20.8 Å². The second-order valence-electron chi connectivity index (χ2n) is 3.87. The molecule has 0 aliphatic heterocycles. The molecule has 0 saturated carbocycles. The monoisotopic (exact) mass is 188 g/mol. The van der Waals surface area contributed by atoms with Crippen molar-refractivity contribution >= 4 is 12.1 Å². The van der Waals surface area contributed by atoms with Crippen LogP contribution in [0.15, 0.2) is 0 Å². The van der Waals surface area contributed by atoms with Crippen molar-refractivity contribution in [3.05, 3.63) is 0 Å². The van der Waals surface area contributed by atoms with Gasteiger partial charge in [-0.2, -0.15) is 0 Å². The van der Waals surface area contributed by atoms with Crippen molar-refractivity contribution in [2.24, 2.45) is 5.73 Å². The fourth-order valence-corrected chi connectivity index (χ4v) is 0.516. The van der Waals surface area contributed by atoms with E-state index in [-0.39, 0.29) is 0 Å². The molecule has 76 valence electrons. The van der Waals surface area contributed by atoms with Crippen molar-refractivity contribution in [1.29, 1.82) is 0 Å². The Balaban J connectivity index is 3.96. The second-order valence-corrected chi connectivity index (χ2v) is 3.87. The van der Waals surface area contributed by atoms with Crippen LogP contribution in [0.25, 0.3) is 0 Å². The van der Waals surface area contributed by atoms with Crippen molar-refractivity contribution < 1.29 is 14.3 Å². The van der Waals surface area contributed by atoms with Crippen LogP contribution >= 0.6 is 0 Å². The van der Waals surface area contributed by atoms with E-state index < -0.39 is 23.6 Å². The van der Waals surface area contributed by atoms with Gasteiger partial charge in [0.05, 0.1) is 0 Å². The predicted molar refractivity (Wildman–Crippen MR) is 48.0 cm³/mol. The van der Waals surface area contributed by atoms with Crippen LogP contribution in [0.5, 0.6) is 0 Å². The lowest BCUT2D eigenvalue weighted by Gasteiger charge is -2.19. The standard InChI is InChI=1S/C8H16N2O3/c1-5(9)6(11)13-7(12)10-8(2,3)4/h5H,9H2,1-4H3,(H,10,12)/t5-/m0/s1. The molecule has 1 amide bonds. The molecule has 0 saturated heterocycles. The van der Waals surface area contributed by atoms with Crippen LogP contribution < -0.4 is 11.1 Å². The summed E-state index contributed by atoms with van der Waals surface area (Å²) in [4.78, 5) is 21.8. The number of hydrogen-bond acceptors (Lipinski definition) is 4. The van der Waals surface area contributed by atoms with Gasteiger partial charge in [0.25, 0.3) is 0 Å². The van der Waals surface area contributed by atoms with E-state index in [1.165, 1.54) is 6.92 Å². The van der Waals surface area contributed by atoms with Gasteiger partial charge in [0, 0.05) is 5.54 Å². The average Bonchev–Trinajstić information content (AvgIpc) is 1.81. The number of hydrogen-bond donors (Lipinski definition) is 2. The Bertz CT molecular complexity index is 206. The first-order chi connectivity index (χ1) is 5.72.